The fourth-order valence-electron chi connectivity index (χ4n) is 2.11. The number of nitrogens with one attached hydrogen (secondary N) is 1. The second kappa shape index (κ2) is 8.04. The summed E-state index contributed by atoms with van der Waals surface area (Å²) >= 11 is 5.60. The van der Waals surface area contributed by atoms with Gasteiger partial charge in [-0.2, -0.15) is 0 Å². The van der Waals surface area contributed by atoms with E-state index in [0.717, 1.165) is 44.2 Å². The first-order valence-electron chi connectivity index (χ1n) is 6.89. The molecule has 0 aliphatic rings. The van der Waals surface area contributed by atoms with Gasteiger partial charge in [0, 0.05) is 18.2 Å². The molecule has 0 aliphatic carbocycles. The fourth-order valence-corrected chi connectivity index (χ4v) is 2.27. The van der Waals surface area contributed by atoms with Crippen LogP contribution in [0.2, 0.25) is 5.02 Å². The molecule has 0 spiro atoms. The summed E-state index contributed by atoms with van der Waals surface area (Å²) < 4.78 is 13.5. The van der Waals surface area contributed by atoms with Crippen molar-refractivity contribution in [3.63, 3.8) is 0 Å². The number of hydrogen-bond donors (Lipinski definition) is 1. The molecule has 0 saturated heterocycles. The highest BCUT2D eigenvalue weighted by molar-refractivity contribution is 6.31. The van der Waals surface area contributed by atoms with E-state index >= 15 is 0 Å². The number of rotatable bonds is 8. The lowest BCUT2D eigenvalue weighted by Gasteiger charge is -2.19. The third-order valence-electron chi connectivity index (χ3n) is 3.14. The summed E-state index contributed by atoms with van der Waals surface area (Å²) in [6, 6.07) is 2.27. The summed E-state index contributed by atoms with van der Waals surface area (Å²) in [6.07, 6.45) is 4.85. The zero-order chi connectivity index (χ0) is 15.1. The van der Waals surface area contributed by atoms with Gasteiger partial charge in [-0.3, -0.25) is 10.1 Å². The number of hydrogen-bond acceptors (Lipinski definition) is 3. The van der Waals surface area contributed by atoms with E-state index in [9.17, 15) is 14.5 Å². The summed E-state index contributed by atoms with van der Waals surface area (Å²) in [4.78, 5) is 10.5. The van der Waals surface area contributed by atoms with Gasteiger partial charge < -0.3 is 5.32 Å². The molecule has 0 amide bonds. The van der Waals surface area contributed by atoms with Crippen LogP contribution in [0.1, 0.15) is 46.0 Å². The zero-order valence-electron chi connectivity index (χ0n) is 11.8. The number of nitrogens with zero attached hydrogens (tertiary/aromatic N) is 1. The summed E-state index contributed by atoms with van der Waals surface area (Å²) in [5.41, 5.74) is 0.0143. The Morgan fingerprint density at radius 1 is 1.35 bits per heavy atom. The highest BCUT2D eigenvalue weighted by atomic mass is 35.5. The molecule has 0 radical (unpaired) electrons. The number of anilines is 1. The normalized spacial score (nSPS) is 12.2. The summed E-state index contributed by atoms with van der Waals surface area (Å²) in [5, 5.41) is 13.9. The van der Waals surface area contributed by atoms with Crippen LogP contribution in [-0.2, 0) is 0 Å². The van der Waals surface area contributed by atoms with E-state index < -0.39 is 10.7 Å². The zero-order valence-corrected chi connectivity index (χ0v) is 12.5. The van der Waals surface area contributed by atoms with Crippen molar-refractivity contribution in [2.75, 3.05) is 5.32 Å². The summed E-state index contributed by atoms with van der Waals surface area (Å²) in [7, 11) is 0. The lowest BCUT2D eigenvalue weighted by atomic mass is 10.0. The standard InChI is InChI=1S/C14H20ClFN2O2/c1-3-5-7-10(6-4-2)17-13-9-12(16)11(15)8-14(13)18(19)20/h8-10,17H,3-7H2,1-2H3. The van der Waals surface area contributed by atoms with Gasteiger partial charge in [-0.1, -0.05) is 44.7 Å². The van der Waals surface area contributed by atoms with Gasteiger partial charge in [0.25, 0.3) is 5.69 Å². The van der Waals surface area contributed by atoms with Crippen LogP contribution in [0.15, 0.2) is 12.1 Å². The maximum atomic E-state index is 13.5. The van der Waals surface area contributed by atoms with Crippen LogP contribution >= 0.6 is 11.6 Å². The fraction of sp³-hybridized carbons (Fsp3) is 0.571. The van der Waals surface area contributed by atoms with Crippen molar-refractivity contribution in [1.82, 2.24) is 0 Å². The predicted molar refractivity (Wildman–Crippen MR) is 79.9 cm³/mol. The van der Waals surface area contributed by atoms with Crippen molar-refractivity contribution in [2.45, 2.75) is 52.0 Å². The molecule has 6 heteroatoms. The average molecular weight is 303 g/mol. The molecule has 1 atom stereocenters. The van der Waals surface area contributed by atoms with Crippen LogP contribution in [0.25, 0.3) is 0 Å². The third kappa shape index (κ3) is 4.63. The molecule has 20 heavy (non-hydrogen) atoms. The Kier molecular flexibility index (Phi) is 6.71. The first-order chi connectivity index (χ1) is 9.49. The Morgan fingerprint density at radius 2 is 2.05 bits per heavy atom. The number of nitro groups is 1. The molecule has 112 valence electrons. The van der Waals surface area contributed by atoms with Gasteiger partial charge in [-0.25, -0.2) is 4.39 Å². The smallest absolute Gasteiger partial charge is 0.294 e. The quantitative estimate of drug-likeness (QED) is 0.533. The maximum Gasteiger partial charge on any atom is 0.294 e. The lowest BCUT2D eigenvalue weighted by molar-refractivity contribution is -0.384. The van der Waals surface area contributed by atoms with Gasteiger partial charge in [0.1, 0.15) is 11.5 Å². The predicted octanol–water partition coefficient (Wildman–Crippen LogP) is 5.16. The van der Waals surface area contributed by atoms with Gasteiger partial charge in [0.2, 0.25) is 0 Å². The number of unbranched alkanes of at least 4 members (excludes halogenated alkanes) is 1. The second-order valence-electron chi connectivity index (χ2n) is 4.81. The largest absolute Gasteiger partial charge is 0.377 e. The minimum Gasteiger partial charge on any atom is -0.377 e. The molecule has 0 heterocycles. The molecule has 1 rings (SSSR count). The highest BCUT2D eigenvalue weighted by Crippen LogP contribution is 2.31. The number of nitro benzene ring substituents is 1. The van der Waals surface area contributed by atoms with Crippen molar-refractivity contribution in [2.24, 2.45) is 0 Å². The summed E-state index contributed by atoms with van der Waals surface area (Å²) in [6.45, 7) is 4.14. The molecule has 1 N–H and O–H groups in total. The molecule has 1 aromatic rings. The van der Waals surface area contributed by atoms with E-state index in [1.165, 1.54) is 0 Å². The minimum absolute atomic E-state index is 0.110. The van der Waals surface area contributed by atoms with Crippen molar-refractivity contribution < 1.29 is 9.31 Å². The van der Waals surface area contributed by atoms with Gasteiger partial charge in [-0.05, 0) is 12.8 Å². The molecule has 1 aromatic carbocycles. The molecule has 0 aliphatic heterocycles. The van der Waals surface area contributed by atoms with Gasteiger partial charge in [0.15, 0.2) is 0 Å². The summed E-state index contributed by atoms with van der Waals surface area (Å²) in [5.74, 6) is -0.648. The van der Waals surface area contributed by atoms with Crippen LogP contribution in [0, 0.1) is 15.9 Å². The van der Waals surface area contributed by atoms with E-state index in [4.69, 9.17) is 11.6 Å². The van der Waals surface area contributed by atoms with Crippen LogP contribution in [-0.4, -0.2) is 11.0 Å². The second-order valence-corrected chi connectivity index (χ2v) is 5.22. The number of benzene rings is 1. The Bertz CT molecular complexity index is 469. The van der Waals surface area contributed by atoms with Gasteiger partial charge in [0.05, 0.1) is 9.95 Å². The lowest BCUT2D eigenvalue weighted by Crippen LogP contribution is -2.20. The highest BCUT2D eigenvalue weighted by Gasteiger charge is 2.20. The Balaban J connectivity index is 2.98. The molecule has 0 aromatic heterocycles. The number of halogens is 2. The van der Waals surface area contributed by atoms with Crippen molar-refractivity contribution in [3.8, 4) is 0 Å². The van der Waals surface area contributed by atoms with Crippen LogP contribution in [0.5, 0.6) is 0 Å². The van der Waals surface area contributed by atoms with Crippen LogP contribution in [0.4, 0.5) is 15.8 Å². The molecule has 0 bridgehead atoms. The van der Waals surface area contributed by atoms with E-state index in [-0.39, 0.29) is 22.4 Å². The monoisotopic (exact) mass is 302 g/mol. The maximum absolute atomic E-state index is 13.5. The molecule has 0 fully saturated rings. The van der Waals surface area contributed by atoms with Gasteiger partial charge >= 0.3 is 0 Å². The van der Waals surface area contributed by atoms with Gasteiger partial charge in [-0.15, -0.1) is 0 Å². The van der Waals surface area contributed by atoms with E-state index in [0.29, 0.717) is 0 Å². The molecular weight excluding hydrogens is 283 g/mol. The molecular formula is C14H20ClFN2O2. The molecule has 1 unspecified atom stereocenters. The third-order valence-corrected chi connectivity index (χ3v) is 3.43. The minimum atomic E-state index is -0.648. The topological polar surface area (TPSA) is 55.2 Å². The Morgan fingerprint density at radius 3 is 2.60 bits per heavy atom. The van der Waals surface area contributed by atoms with Crippen LogP contribution in [0.3, 0.4) is 0 Å². The van der Waals surface area contributed by atoms with Crippen molar-refractivity contribution in [1.29, 1.82) is 0 Å². The molecule has 0 saturated carbocycles. The first kappa shape index (κ1) is 16.7. The van der Waals surface area contributed by atoms with E-state index in [1.54, 1.807) is 0 Å². The van der Waals surface area contributed by atoms with Crippen molar-refractivity contribution in [3.05, 3.63) is 33.1 Å². The molecule has 4 nitrogen and oxygen atoms in total. The van der Waals surface area contributed by atoms with Crippen molar-refractivity contribution >= 4 is 23.0 Å². The SMILES string of the molecule is CCCCC(CCC)Nc1cc(F)c(Cl)cc1[N+](=O)[O-]. The van der Waals surface area contributed by atoms with Crippen LogP contribution < -0.4 is 5.32 Å². The van der Waals surface area contributed by atoms with E-state index in [1.807, 2.05) is 0 Å². The first-order valence-corrected chi connectivity index (χ1v) is 7.27. The average Bonchev–Trinajstić information content (AvgIpc) is 2.39. The van der Waals surface area contributed by atoms with E-state index in [2.05, 4.69) is 19.2 Å². The Hall–Kier alpha value is -1.36. The Labute approximate surface area is 123 Å².